The molecular formula is C20H30O2. The van der Waals surface area contributed by atoms with E-state index in [0.717, 1.165) is 44.0 Å². The summed E-state index contributed by atoms with van der Waals surface area (Å²) in [6.07, 6.45) is 12.5. The Kier molecular flexibility index (Phi) is 5.09. The third-order valence-corrected chi connectivity index (χ3v) is 6.77. The fraction of sp³-hybridized carbons (Fsp3) is 0.700. The highest BCUT2D eigenvalue weighted by Gasteiger charge is 2.54. The van der Waals surface area contributed by atoms with Crippen molar-refractivity contribution in [3.63, 3.8) is 0 Å². The molecule has 0 radical (unpaired) electrons. The number of hydrogen-bond donors (Lipinski definition) is 0. The summed E-state index contributed by atoms with van der Waals surface area (Å²) in [5.74, 6) is 0.721. The van der Waals surface area contributed by atoms with E-state index in [1.54, 1.807) is 6.08 Å². The molecule has 2 rings (SSSR count). The van der Waals surface area contributed by atoms with Crippen LogP contribution in [0.1, 0.15) is 66.2 Å². The molecule has 0 aromatic heterocycles. The van der Waals surface area contributed by atoms with E-state index in [4.69, 9.17) is 0 Å². The summed E-state index contributed by atoms with van der Waals surface area (Å²) >= 11 is 0. The van der Waals surface area contributed by atoms with Crippen molar-refractivity contribution in [1.29, 1.82) is 0 Å². The zero-order valence-electron chi connectivity index (χ0n) is 14.5. The first-order valence-corrected chi connectivity index (χ1v) is 8.62. The van der Waals surface area contributed by atoms with Crippen LogP contribution >= 0.6 is 0 Å². The van der Waals surface area contributed by atoms with Gasteiger partial charge in [0.15, 0.2) is 0 Å². The Labute approximate surface area is 135 Å². The summed E-state index contributed by atoms with van der Waals surface area (Å²) in [6, 6.07) is 0. The van der Waals surface area contributed by atoms with Crippen LogP contribution in [0.2, 0.25) is 0 Å². The predicted octanol–water partition coefficient (Wildman–Crippen LogP) is 4.89. The first kappa shape index (κ1) is 17.2. The van der Waals surface area contributed by atoms with Gasteiger partial charge in [0, 0.05) is 5.92 Å². The quantitative estimate of drug-likeness (QED) is 0.411. The number of carbonyl (C=O) groups is 2. The fourth-order valence-electron chi connectivity index (χ4n) is 5.01. The number of carbonyl (C=O) groups excluding carboxylic acids is 2. The Balaban J connectivity index is 2.30. The van der Waals surface area contributed by atoms with Crippen LogP contribution in [0.15, 0.2) is 23.3 Å². The SMILES string of the molecule is CC1=CCC[C@@H]2[C@](C)(CC/C(C)=C/C=O)[C@H](C=O)CC[C@@]12C. The molecule has 1 fully saturated rings. The number of allylic oxidation sites excluding steroid dienone is 4. The van der Waals surface area contributed by atoms with Gasteiger partial charge in [0.1, 0.15) is 12.6 Å². The maximum atomic E-state index is 11.7. The number of rotatable bonds is 5. The lowest BCUT2D eigenvalue weighted by Gasteiger charge is -2.57. The normalized spacial score (nSPS) is 38.9. The summed E-state index contributed by atoms with van der Waals surface area (Å²) in [6.45, 7) is 9.00. The molecule has 1 saturated carbocycles. The van der Waals surface area contributed by atoms with E-state index in [1.807, 2.05) is 6.92 Å². The first-order valence-electron chi connectivity index (χ1n) is 8.62. The Bertz CT molecular complexity index is 502. The Morgan fingerprint density at radius 3 is 2.68 bits per heavy atom. The molecule has 0 unspecified atom stereocenters. The standard InChI is InChI=1S/C20H30O2/c1-15(10-13-21)8-11-20(4)17(14-22)9-12-19(3)16(2)6-5-7-18(19)20/h6,10,13-14,17-18H,5,7-9,11-12H2,1-4H3/b15-10+/t17-,18-,19-,20+/m0/s1. The fourth-order valence-corrected chi connectivity index (χ4v) is 5.01. The number of fused-ring (bicyclic) bond motifs is 1. The van der Waals surface area contributed by atoms with Crippen LogP contribution in [-0.2, 0) is 9.59 Å². The van der Waals surface area contributed by atoms with Gasteiger partial charge in [-0.3, -0.25) is 4.79 Å². The van der Waals surface area contributed by atoms with E-state index in [-0.39, 0.29) is 16.7 Å². The van der Waals surface area contributed by atoms with Gasteiger partial charge in [-0.15, -0.1) is 0 Å². The second-order valence-electron chi connectivity index (χ2n) is 7.87. The molecule has 122 valence electrons. The molecule has 0 N–H and O–H groups in total. The molecule has 0 aliphatic heterocycles. The lowest BCUT2D eigenvalue weighted by Crippen LogP contribution is -2.50. The zero-order chi connectivity index (χ0) is 16.4. The van der Waals surface area contributed by atoms with E-state index in [0.29, 0.717) is 5.92 Å². The minimum Gasteiger partial charge on any atom is -0.303 e. The Morgan fingerprint density at radius 2 is 2.05 bits per heavy atom. The largest absolute Gasteiger partial charge is 0.303 e. The molecule has 0 heterocycles. The van der Waals surface area contributed by atoms with Crippen LogP contribution in [0.5, 0.6) is 0 Å². The van der Waals surface area contributed by atoms with Gasteiger partial charge < -0.3 is 4.79 Å². The monoisotopic (exact) mass is 302 g/mol. The summed E-state index contributed by atoms with van der Waals surface area (Å²) in [5, 5.41) is 0. The van der Waals surface area contributed by atoms with Crippen LogP contribution in [0.3, 0.4) is 0 Å². The van der Waals surface area contributed by atoms with Gasteiger partial charge in [0.2, 0.25) is 0 Å². The van der Waals surface area contributed by atoms with E-state index < -0.39 is 0 Å². The van der Waals surface area contributed by atoms with Crippen LogP contribution in [0.4, 0.5) is 0 Å². The highest BCUT2D eigenvalue weighted by Crippen LogP contribution is 2.61. The zero-order valence-corrected chi connectivity index (χ0v) is 14.5. The van der Waals surface area contributed by atoms with Crippen molar-refractivity contribution >= 4 is 12.6 Å². The number of hydrogen-bond acceptors (Lipinski definition) is 2. The summed E-state index contributed by atoms with van der Waals surface area (Å²) < 4.78 is 0. The average molecular weight is 302 g/mol. The highest BCUT2D eigenvalue weighted by atomic mass is 16.1. The second kappa shape index (κ2) is 6.52. The Morgan fingerprint density at radius 1 is 1.32 bits per heavy atom. The van der Waals surface area contributed by atoms with Crippen molar-refractivity contribution in [1.82, 2.24) is 0 Å². The van der Waals surface area contributed by atoms with Crippen LogP contribution in [-0.4, -0.2) is 12.6 Å². The molecule has 0 amide bonds. The van der Waals surface area contributed by atoms with Crippen molar-refractivity contribution in [2.45, 2.75) is 66.2 Å². The molecule has 0 saturated heterocycles. The minimum atomic E-state index is 0.0439. The summed E-state index contributed by atoms with van der Waals surface area (Å²) in [4.78, 5) is 22.4. The molecule has 2 nitrogen and oxygen atoms in total. The highest BCUT2D eigenvalue weighted by molar-refractivity contribution is 5.65. The molecule has 4 atom stereocenters. The van der Waals surface area contributed by atoms with E-state index in [9.17, 15) is 9.59 Å². The maximum Gasteiger partial charge on any atom is 0.142 e. The molecule has 0 bridgehead atoms. The molecule has 2 aliphatic carbocycles. The van der Waals surface area contributed by atoms with Crippen molar-refractivity contribution in [2.75, 3.05) is 0 Å². The van der Waals surface area contributed by atoms with E-state index in [2.05, 4.69) is 26.8 Å². The maximum absolute atomic E-state index is 11.7. The second-order valence-corrected chi connectivity index (χ2v) is 7.87. The van der Waals surface area contributed by atoms with Gasteiger partial charge in [-0.1, -0.05) is 31.1 Å². The minimum absolute atomic E-state index is 0.0439. The van der Waals surface area contributed by atoms with Crippen molar-refractivity contribution in [2.24, 2.45) is 22.7 Å². The van der Waals surface area contributed by atoms with Gasteiger partial charge >= 0.3 is 0 Å². The molecule has 0 aromatic rings. The molecular weight excluding hydrogens is 272 g/mol. The van der Waals surface area contributed by atoms with E-state index >= 15 is 0 Å². The first-order chi connectivity index (χ1) is 10.4. The summed E-state index contributed by atoms with van der Waals surface area (Å²) in [7, 11) is 0. The Hall–Kier alpha value is -1.18. The predicted molar refractivity (Wildman–Crippen MR) is 90.5 cm³/mol. The van der Waals surface area contributed by atoms with Gasteiger partial charge in [0.05, 0.1) is 0 Å². The van der Waals surface area contributed by atoms with Crippen LogP contribution in [0, 0.1) is 22.7 Å². The van der Waals surface area contributed by atoms with Crippen LogP contribution < -0.4 is 0 Å². The van der Waals surface area contributed by atoms with Crippen molar-refractivity contribution in [3.05, 3.63) is 23.3 Å². The van der Waals surface area contributed by atoms with Gasteiger partial charge in [-0.2, -0.15) is 0 Å². The third-order valence-electron chi connectivity index (χ3n) is 6.77. The smallest absolute Gasteiger partial charge is 0.142 e. The van der Waals surface area contributed by atoms with Crippen LogP contribution in [0.25, 0.3) is 0 Å². The van der Waals surface area contributed by atoms with Crippen molar-refractivity contribution < 1.29 is 9.59 Å². The lowest BCUT2D eigenvalue weighted by molar-refractivity contribution is -0.124. The van der Waals surface area contributed by atoms with Gasteiger partial charge in [-0.05, 0) is 75.2 Å². The third kappa shape index (κ3) is 2.85. The van der Waals surface area contributed by atoms with Gasteiger partial charge in [-0.25, -0.2) is 0 Å². The molecule has 22 heavy (non-hydrogen) atoms. The lowest BCUT2D eigenvalue weighted by atomic mass is 9.47. The molecule has 2 aliphatic rings. The molecule has 0 aromatic carbocycles. The van der Waals surface area contributed by atoms with Gasteiger partial charge in [0.25, 0.3) is 0 Å². The average Bonchev–Trinajstić information content (AvgIpc) is 2.48. The summed E-state index contributed by atoms with van der Waals surface area (Å²) in [5.41, 5.74) is 2.92. The molecule has 0 spiro atoms. The number of aldehydes is 2. The topological polar surface area (TPSA) is 34.1 Å². The van der Waals surface area contributed by atoms with Crippen molar-refractivity contribution in [3.8, 4) is 0 Å². The molecule has 2 heteroatoms. The van der Waals surface area contributed by atoms with E-state index in [1.165, 1.54) is 18.3 Å².